The first kappa shape index (κ1) is 74.7. The van der Waals surface area contributed by atoms with Gasteiger partial charge in [0, 0.05) is 0 Å². The zero-order chi connectivity index (χ0) is 61.0. The molecule has 4 unspecified atom stereocenters. The maximum absolute atomic E-state index is 3.53. The van der Waals surface area contributed by atoms with Crippen LogP contribution in [-0.2, 0) is 83.0 Å². The zero-order valence-electron chi connectivity index (χ0n) is 56.8. The summed E-state index contributed by atoms with van der Waals surface area (Å²) in [4.78, 5) is 0. The Labute approximate surface area is 570 Å². The Hall–Kier alpha value is -2.07. The molecule has 0 radical (unpaired) electrons. The fourth-order valence-electron chi connectivity index (χ4n) is 14.3. The molecular formula is C82H112Cl2Zr2-2. The van der Waals surface area contributed by atoms with Gasteiger partial charge in [-0.1, -0.05) is 153 Å². The summed E-state index contributed by atoms with van der Waals surface area (Å²) in [5.41, 5.74) is 17.5. The predicted molar refractivity (Wildman–Crippen MR) is 359 cm³/mol. The van der Waals surface area contributed by atoms with E-state index in [1.54, 1.807) is 48.5 Å². The topological polar surface area (TPSA) is 0 Å². The summed E-state index contributed by atoms with van der Waals surface area (Å²) in [6.45, 7) is 37.4. The average Bonchev–Trinajstić information content (AvgIpc) is 2.25. The second-order valence-corrected chi connectivity index (χ2v) is 33.7. The van der Waals surface area contributed by atoms with E-state index in [0.717, 1.165) is 73.0 Å². The molecule has 464 valence electrons. The molecule has 4 fully saturated rings. The summed E-state index contributed by atoms with van der Waals surface area (Å²) in [5.74, 6) is 7.87. The van der Waals surface area contributed by atoms with Gasteiger partial charge < -0.3 is 24.8 Å². The number of allylic oxidation sites excluding steroid dienone is 8. The first-order valence-corrected chi connectivity index (χ1v) is 36.2. The smallest absolute Gasteiger partial charge is 0.109 e. The van der Waals surface area contributed by atoms with Gasteiger partial charge in [0.15, 0.2) is 0 Å². The number of hydrogen-bond donors (Lipinski definition) is 0. The van der Waals surface area contributed by atoms with Gasteiger partial charge in [-0.3, -0.25) is 12.2 Å². The standard InChI is InChI=1S/2C21H25.2C15H26.2C5H5.2ClH.2Zr/c2*1-20(2,3)16-9-7-14-11-15-8-10-17(21(4,5)6)13-19(15)18(14)12-16;2*1-12(14-7-3-4-8-14)11-13(2)15-9-5-6-10-15;2*1-2-4-5-3-1;;;;/h2*7,9-10,12-13H,11H2,1-6H3;2*12-15H,3-10H2,1-2H3;2*1-3H,4H2;2*1H;;/q2*-1;;;2*-1;;;2*+2/p-2. The van der Waals surface area contributed by atoms with E-state index in [1.807, 2.05) is 30.7 Å². The van der Waals surface area contributed by atoms with Crippen molar-refractivity contribution in [2.24, 2.45) is 47.3 Å². The molecule has 0 bridgehead atoms. The Morgan fingerprint density at radius 3 is 0.884 bits per heavy atom. The van der Waals surface area contributed by atoms with E-state index < -0.39 is 0 Å². The van der Waals surface area contributed by atoms with E-state index >= 15 is 0 Å². The number of halogens is 2. The Morgan fingerprint density at radius 1 is 0.395 bits per heavy atom. The number of benzene rings is 4. The number of fused-ring (bicyclic) bond motifs is 6. The summed E-state index contributed by atoms with van der Waals surface area (Å²) in [6, 6.07) is 30.1. The van der Waals surface area contributed by atoms with E-state index in [0.29, 0.717) is 0 Å². The molecule has 0 N–H and O–H groups in total. The third-order valence-electron chi connectivity index (χ3n) is 20.6. The fraction of sp³-hybridized carbons (Fsp3) is 0.585. The number of rotatable bonds is 8. The van der Waals surface area contributed by atoms with Crippen LogP contribution < -0.4 is 24.8 Å². The fourth-order valence-corrected chi connectivity index (χ4v) is 16.6. The van der Waals surface area contributed by atoms with Crippen LogP contribution >= 0.6 is 0 Å². The molecule has 86 heavy (non-hydrogen) atoms. The van der Waals surface area contributed by atoms with Crippen molar-refractivity contribution in [3.8, 4) is 22.3 Å². The first-order valence-electron chi connectivity index (χ1n) is 33.7. The molecule has 4 heteroatoms. The molecule has 4 aromatic rings. The number of hydrogen-bond acceptors (Lipinski definition) is 0. The third-order valence-corrected chi connectivity index (χ3v) is 25.1. The van der Waals surface area contributed by atoms with Gasteiger partial charge in [-0.05, 0) is 34.8 Å². The van der Waals surface area contributed by atoms with Gasteiger partial charge in [-0.25, -0.2) is 24.3 Å². The Kier molecular flexibility index (Phi) is 29.5. The van der Waals surface area contributed by atoms with Crippen LogP contribution in [0.15, 0.2) is 97.1 Å². The van der Waals surface area contributed by atoms with Gasteiger partial charge in [-0.15, -0.1) is 24.0 Å². The SMILES string of the molecule is CC(C)(C)c1c[c-]c2c(c1)-c1cc(C(C)(C)C)ccc1C2.CC(C)(C)c1c[c-]c2c(c1)-c1cc(C(C)(C)C)ccc1C2.CC([C](=[Zr+2])C(C)C1CCCC1)C1CCCC1.CC([C](=[Zr+2])C(C)C1CCCC1)C1CCCC1.[C-]1=CC=CC1.[C-]1=CC=CC1.[Cl-].[Cl-]. The molecule has 0 heterocycles. The second-order valence-electron chi connectivity index (χ2n) is 30.9. The van der Waals surface area contributed by atoms with Crippen molar-refractivity contribution < 1.29 is 73.3 Å². The van der Waals surface area contributed by atoms with Crippen molar-refractivity contribution >= 4 is 6.41 Å². The maximum atomic E-state index is 3.53. The largest absolute Gasteiger partial charge is 1.00 e. The van der Waals surface area contributed by atoms with Gasteiger partial charge in [-0.2, -0.15) is 70.8 Å². The zero-order valence-corrected chi connectivity index (χ0v) is 63.2. The van der Waals surface area contributed by atoms with Crippen molar-refractivity contribution in [1.82, 2.24) is 0 Å². The van der Waals surface area contributed by atoms with Crippen LogP contribution in [0.1, 0.15) is 271 Å². The van der Waals surface area contributed by atoms with E-state index in [2.05, 4.69) is 208 Å². The van der Waals surface area contributed by atoms with Crippen LogP contribution in [0.5, 0.6) is 0 Å². The summed E-state index contributed by atoms with van der Waals surface area (Å²) < 4.78 is 3.82. The van der Waals surface area contributed by atoms with Crippen molar-refractivity contribution in [2.75, 3.05) is 0 Å². The normalized spacial score (nSPS) is 19.0. The van der Waals surface area contributed by atoms with Crippen LogP contribution in [0.3, 0.4) is 0 Å². The third kappa shape index (κ3) is 21.0. The Bertz CT molecular complexity index is 2520. The first-order chi connectivity index (χ1) is 39.7. The molecule has 0 spiro atoms. The average molecular weight is 1350 g/mol. The Morgan fingerprint density at radius 2 is 0.663 bits per heavy atom. The minimum absolute atomic E-state index is 0. The van der Waals surface area contributed by atoms with Gasteiger partial charge in [0.25, 0.3) is 0 Å². The van der Waals surface area contributed by atoms with E-state index in [9.17, 15) is 0 Å². The van der Waals surface area contributed by atoms with E-state index in [-0.39, 0.29) is 46.5 Å². The molecular weight excluding hydrogens is 1240 g/mol. The van der Waals surface area contributed by atoms with Gasteiger partial charge in [0.2, 0.25) is 0 Å². The van der Waals surface area contributed by atoms with Gasteiger partial charge in [0.1, 0.15) is 0 Å². The molecule has 8 aliphatic carbocycles. The summed E-state index contributed by atoms with van der Waals surface area (Å²) in [7, 11) is 0. The Balaban J connectivity index is 0.000000198. The molecule has 0 saturated heterocycles. The van der Waals surface area contributed by atoms with Crippen molar-refractivity contribution in [2.45, 2.75) is 261 Å². The summed E-state index contributed by atoms with van der Waals surface area (Å²) >= 11 is 3.47. The molecule has 0 nitrogen and oxygen atoms in total. The molecule has 0 aromatic heterocycles. The molecule has 4 saturated carbocycles. The van der Waals surface area contributed by atoms with Crippen molar-refractivity contribution in [3.05, 3.63) is 166 Å². The monoisotopic (exact) mass is 1350 g/mol. The molecule has 8 aliphatic rings. The van der Waals surface area contributed by atoms with Crippen molar-refractivity contribution in [1.29, 1.82) is 0 Å². The quantitative estimate of drug-likeness (QED) is 0.133. The van der Waals surface area contributed by atoms with Gasteiger partial charge >= 0.3 is 233 Å². The van der Waals surface area contributed by atoms with Crippen LogP contribution in [-0.4, -0.2) is 6.41 Å². The molecule has 4 aromatic carbocycles. The van der Waals surface area contributed by atoms with E-state index in [4.69, 9.17) is 0 Å². The molecule has 4 atom stereocenters. The predicted octanol–water partition coefficient (Wildman–Crippen LogP) is 16.6. The summed E-state index contributed by atoms with van der Waals surface area (Å²) in [6.07, 6.45) is 46.1. The molecule has 0 aliphatic heterocycles. The van der Waals surface area contributed by atoms with Crippen LogP contribution in [0.4, 0.5) is 0 Å². The van der Waals surface area contributed by atoms with E-state index in [1.165, 1.54) is 169 Å². The summed E-state index contributed by atoms with van der Waals surface area (Å²) in [5, 5.41) is 0. The maximum Gasteiger partial charge on any atom is -0.109 e. The van der Waals surface area contributed by atoms with Gasteiger partial charge in [0.05, 0.1) is 0 Å². The van der Waals surface area contributed by atoms with Crippen LogP contribution in [0, 0.1) is 71.6 Å². The van der Waals surface area contributed by atoms with Crippen LogP contribution in [0.2, 0.25) is 0 Å². The molecule has 0 amide bonds. The van der Waals surface area contributed by atoms with Crippen molar-refractivity contribution in [3.63, 3.8) is 0 Å². The second kappa shape index (κ2) is 34.0. The minimum atomic E-state index is 0. The van der Waals surface area contributed by atoms with Crippen LogP contribution in [0.25, 0.3) is 22.3 Å². The minimum Gasteiger partial charge on any atom is -1.00 e. The molecule has 12 rings (SSSR count).